The van der Waals surface area contributed by atoms with Gasteiger partial charge in [0.1, 0.15) is 0 Å². The summed E-state index contributed by atoms with van der Waals surface area (Å²) in [5, 5.41) is 2.94. The first-order valence-electron chi connectivity index (χ1n) is 7.55. The predicted molar refractivity (Wildman–Crippen MR) is 84.1 cm³/mol. The fourth-order valence-electron chi connectivity index (χ4n) is 2.74. The van der Waals surface area contributed by atoms with E-state index in [-0.39, 0.29) is 5.91 Å². The zero-order valence-corrected chi connectivity index (χ0v) is 12.0. The van der Waals surface area contributed by atoms with Gasteiger partial charge in [0.25, 0.3) is 0 Å². The van der Waals surface area contributed by atoms with Crippen molar-refractivity contribution in [1.82, 2.24) is 5.32 Å². The normalized spacial score (nSPS) is 15.8. The van der Waals surface area contributed by atoms with Crippen LogP contribution in [0.4, 0.5) is 5.69 Å². The standard InChI is InChI=1S/C17H24N2O/c18-16-10-7-15(8-11-16)9-12-17(20)19-13-3-6-14-4-1-2-5-14/h7-12,14H,1-6,13,18H2,(H,19,20)/b12-9+. The third kappa shape index (κ3) is 5.08. The highest BCUT2D eigenvalue weighted by atomic mass is 16.1. The lowest BCUT2D eigenvalue weighted by atomic mass is 10.0. The van der Waals surface area contributed by atoms with E-state index in [1.165, 1.54) is 32.1 Å². The van der Waals surface area contributed by atoms with Crippen molar-refractivity contribution < 1.29 is 4.79 Å². The number of benzene rings is 1. The van der Waals surface area contributed by atoms with Crippen molar-refractivity contribution >= 4 is 17.7 Å². The lowest BCUT2D eigenvalue weighted by Crippen LogP contribution is -2.22. The summed E-state index contributed by atoms with van der Waals surface area (Å²) in [6, 6.07) is 7.47. The number of nitrogen functional groups attached to an aromatic ring is 1. The molecule has 0 radical (unpaired) electrons. The fourth-order valence-corrected chi connectivity index (χ4v) is 2.74. The fraction of sp³-hybridized carbons (Fsp3) is 0.471. The first kappa shape index (κ1) is 14.6. The number of rotatable bonds is 6. The molecule has 0 aromatic heterocycles. The van der Waals surface area contributed by atoms with Gasteiger partial charge in [-0.1, -0.05) is 37.8 Å². The average Bonchev–Trinajstić information content (AvgIpc) is 2.96. The van der Waals surface area contributed by atoms with Crippen molar-refractivity contribution in [2.45, 2.75) is 38.5 Å². The zero-order chi connectivity index (χ0) is 14.2. The molecule has 1 aliphatic rings. The molecule has 1 saturated carbocycles. The van der Waals surface area contributed by atoms with E-state index in [9.17, 15) is 4.79 Å². The molecule has 20 heavy (non-hydrogen) atoms. The molecule has 1 aromatic carbocycles. The Morgan fingerprint density at radius 2 is 1.95 bits per heavy atom. The lowest BCUT2D eigenvalue weighted by Gasteiger charge is -2.08. The van der Waals surface area contributed by atoms with Gasteiger partial charge in [-0.25, -0.2) is 0 Å². The smallest absolute Gasteiger partial charge is 0.243 e. The van der Waals surface area contributed by atoms with E-state index in [2.05, 4.69) is 5.32 Å². The number of amides is 1. The second kappa shape index (κ2) is 7.73. The summed E-state index contributed by atoms with van der Waals surface area (Å²) in [5.74, 6) is 0.880. The summed E-state index contributed by atoms with van der Waals surface area (Å²) in [7, 11) is 0. The second-order valence-electron chi connectivity index (χ2n) is 5.58. The van der Waals surface area contributed by atoms with Gasteiger partial charge in [-0.05, 0) is 42.5 Å². The molecule has 0 bridgehead atoms. The van der Waals surface area contributed by atoms with Crippen LogP contribution >= 0.6 is 0 Å². The molecule has 1 aromatic rings. The van der Waals surface area contributed by atoms with Gasteiger partial charge in [0.15, 0.2) is 0 Å². The number of hydrogen-bond acceptors (Lipinski definition) is 2. The van der Waals surface area contributed by atoms with Crippen LogP contribution in [-0.2, 0) is 4.79 Å². The highest BCUT2D eigenvalue weighted by molar-refractivity contribution is 5.91. The van der Waals surface area contributed by atoms with Crippen molar-refractivity contribution in [2.24, 2.45) is 5.92 Å². The summed E-state index contributed by atoms with van der Waals surface area (Å²) in [4.78, 5) is 11.7. The van der Waals surface area contributed by atoms with Crippen LogP contribution in [0, 0.1) is 5.92 Å². The van der Waals surface area contributed by atoms with E-state index in [1.807, 2.05) is 30.3 Å². The molecule has 1 aliphatic carbocycles. The van der Waals surface area contributed by atoms with E-state index in [0.29, 0.717) is 0 Å². The number of carbonyl (C=O) groups excluding carboxylic acids is 1. The van der Waals surface area contributed by atoms with Crippen LogP contribution in [0.25, 0.3) is 6.08 Å². The van der Waals surface area contributed by atoms with Crippen molar-refractivity contribution in [2.75, 3.05) is 12.3 Å². The van der Waals surface area contributed by atoms with Gasteiger partial charge in [0.05, 0.1) is 0 Å². The van der Waals surface area contributed by atoms with Gasteiger partial charge in [-0.2, -0.15) is 0 Å². The van der Waals surface area contributed by atoms with E-state index in [0.717, 1.165) is 30.1 Å². The van der Waals surface area contributed by atoms with Crippen LogP contribution in [0.2, 0.25) is 0 Å². The summed E-state index contributed by atoms with van der Waals surface area (Å²) in [6.07, 6.45) is 11.3. The van der Waals surface area contributed by atoms with Crippen molar-refractivity contribution in [3.05, 3.63) is 35.9 Å². The molecular weight excluding hydrogens is 248 g/mol. The van der Waals surface area contributed by atoms with Crippen LogP contribution in [-0.4, -0.2) is 12.5 Å². The molecule has 108 valence electrons. The molecule has 0 heterocycles. The van der Waals surface area contributed by atoms with E-state index < -0.39 is 0 Å². The monoisotopic (exact) mass is 272 g/mol. The number of hydrogen-bond donors (Lipinski definition) is 2. The SMILES string of the molecule is Nc1ccc(/C=C/C(=O)NCCCC2CCCC2)cc1. The van der Waals surface area contributed by atoms with Crippen molar-refractivity contribution in [3.8, 4) is 0 Å². The molecule has 0 unspecified atom stereocenters. The highest BCUT2D eigenvalue weighted by Gasteiger charge is 2.13. The summed E-state index contributed by atoms with van der Waals surface area (Å²) in [5.41, 5.74) is 7.33. The topological polar surface area (TPSA) is 55.1 Å². The Morgan fingerprint density at radius 1 is 1.25 bits per heavy atom. The largest absolute Gasteiger partial charge is 0.399 e. The zero-order valence-electron chi connectivity index (χ0n) is 12.0. The van der Waals surface area contributed by atoms with Gasteiger partial charge in [-0.3, -0.25) is 4.79 Å². The highest BCUT2D eigenvalue weighted by Crippen LogP contribution is 2.28. The van der Waals surface area contributed by atoms with Gasteiger partial charge >= 0.3 is 0 Å². The maximum atomic E-state index is 11.7. The quantitative estimate of drug-likeness (QED) is 0.474. The third-order valence-electron chi connectivity index (χ3n) is 3.93. The van der Waals surface area contributed by atoms with Crippen LogP contribution in [0.3, 0.4) is 0 Å². The molecule has 1 fully saturated rings. The lowest BCUT2D eigenvalue weighted by molar-refractivity contribution is -0.116. The molecule has 3 nitrogen and oxygen atoms in total. The summed E-state index contributed by atoms with van der Waals surface area (Å²) < 4.78 is 0. The molecule has 0 spiro atoms. The predicted octanol–water partition coefficient (Wildman–Crippen LogP) is 3.37. The van der Waals surface area contributed by atoms with Crippen LogP contribution in [0.15, 0.2) is 30.3 Å². The minimum absolute atomic E-state index is 0.0201. The summed E-state index contributed by atoms with van der Waals surface area (Å²) >= 11 is 0. The number of anilines is 1. The Kier molecular flexibility index (Phi) is 5.66. The Hall–Kier alpha value is -1.77. The van der Waals surface area contributed by atoms with Gasteiger partial charge in [0.2, 0.25) is 5.91 Å². The van der Waals surface area contributed by atoms with Crippen LogP contribution in [0.5, 0.6) is 0 Å². The number of carbonyl (C=O) groups is 1. The molecule has 0 aliphatic heterocycles. The van der Waals surface area contributed by atoms with Gasteiger partial charge in [0, 0.05) is 18.3 Å². The maximum Gasteiger partial charge on any atom is 0.243 e. The van der Waals surface area contributed by atoms with E-state index in [4.69, 9.17) is 5.73 Å². The maximum absolute atomic E-state index is 11.7. The minimum atomic E-state index is -0.0201. The van der Waals surface area contributed by atoms with Crippen molar-refractivity contribution in [3.63, 3.8) is 0 Å². The Labute approximate surface area is 121 Å². The third-order valence-corrected chi connectivity index (χ3v) is 3.93. The molecule has 0 saturated heterocycles. The molecule has 1 amide bonds. The molecule has 3 N–H and O–H groups in total. The van der Waals surface area contributed by atoms with Gasteiger partial charge < -0.3 is 11.1 Å². The molecule has 2 rings (SSSR count). The first-order valence-corrected chi connectivity index (χ1v) is 7.55. The Balaban J connectivity index is 1.63. The van der Waals surface area contributed by atoms with Crippen LogP contribution in [0.1, 0.15) is 44.1 Å². The minimum Gasteiger partial charge on any atom is -0.399 e. The molecule has 3 heteroatoms. The van der Waals surface area contributed by atoms with E-state index >= 15 is 0 Å². The Bertz CT molecular complexity index is 445. The second-order valence-corrected chi connectivity index (χ2v) is 5.58. The Morgan fingerprint density at radius 3 is 2.65 bits per heavy atom. The number of nitrogens with two attached hydrogens (primary N) is 1. The van der Waals surface area contributed by atoms with E-state index in [1.54, 1.807) is 6.08 Å². The van der Waals surface area contributed by atoms with Crippen molar-refractivity contribution in [1.29, 1.82) is 0 Å². The molecular formula is C17H24N2O. The molecule has 0 atom stereocenters. The average molecular weight is 272 g/mol. The summed E-state index contributed by atoms with van der Waals surface area (Å²) in [6.45, 7) is 0.779. The first-order chi connectivity index (χ1) is 9.74. The number of nitrogens with one attached hydrogen (secondary N) is 1. The van der Waals surface area contributed by atoms with Gasteiger partial charge in [-0.15, -0.1) is 0 Å². The van der Waals surface area contributed by atoms with Crippen LogP contribution < -0.4 is 11.1 Å².